The summed E-state index contributed by atoms with van der Waals surface area (Å²) in [7, 11) is 0. The first kappa shape index (κ1) is 17.2. The van der Waals surface area contributed by atoms with Gasteiger partial charge in [-0.25, -0.2) is 0 Å². The largest absolute Gasteiger partial charge is 0.374 e. The topological polar surface area (TPSA) is 55.3 Å². The predicted octanol–water partition coefficient (Wildman–Crippen LogP) is 3.44. The van der Waals surface area contributed by atoms with Gasteiger partial charge in [0, 0.05) is 25.1 Å². The van der Waals surface area contributed by atoms with Crippen molar-refractivity contribution in [3.05, 3.63) is 58.9 Å². The molecule has 5 nitrogen and oxygen atoms in total. The number of aromatic nitrogens is 2. The van der Waals surface area contributed by atoms with Crippen molar-refractivity contribution >= 4 is 5.91 Å². The van der Waals surface area contributed by atoms with Gasteiger partial charge in [0.1, 0.15) is 0 Å². The van der Waals surface area contributed by atoms with Crippen LogP contribution in [-0.2, 0) is 10.2 Å². The Morgan fingerprint density at radius 2 is 2.08 bits per heavy atom. The van der Waals surface area contributed by atoms with Crippen LogP contribution in [0.1, 0.15) is 59.3 Å². The monoisotopic (exact) mass is 351 g/mol. The normalized spacial score (nSPS) is 21.0. The number of carbonyl (C=O) groups is 1. The molecule has 1 fully saturated rings. The van der Waals surface area contributed by atoms with Gasteiger partial charge in [0.05, 0.1) is 24.1 Å². The molecule has 26 heavy (non-hydrogen) atoms. The molecule has 1 aliphatic carbocycles. The molecule has 0 saturated carbocycles. The second kappa shape index (κ2) is 6.80. The van der Waals surface area contributed by atoms with E-state index in [2.05, 4.69) is 42.2 Å². The molecule has 1 aliphatic heterocycles. The highest BCUT2D eigenvalue weighted by Gasteiger charge is 2.46. The third kappa shape index (κ3) is 2.90. The van der Waals surface area contributed by atoms with Crippen LogP contribution in [0.5, 0.6) is 0 Å². The summed E-state index contributed by atoms with van der Waals surface area (Å²) < 4.78 is 6.04. The first-order valence-corrected chi connectivity index (χ1v) is 9.41. The fourth-order valence-electron chi connectivity index (χ4n) is 4.55. The number of rotatable bonds is 3. The summed E-state index contributed by atoms with van der Waals surface area (Å²) in [6.45, 7) is 6.48. The number of hydrogen-bond acceptors (Lipinski definition) is 4. The Kier molecular flexibility index (Phi) is 4.49. The molecule has 1 aromatic heterocycles. The molecule has 0 radical (unpaired) electrons. The molecule has 1 unspecified atom stereocenters. The van der Waals surface area contributed by atoms with Crippen LogP contribution < -0.4 is 0 Å². The second-order valence-electron chi connectivity index (χ2n) is 7.44. The summed E-state index contributed by atoms with van der Waals surface area (Å²) in [5.74, 6) is 0.0542. The van der Waals surface area contributed by atoms with Crippen molar-refractivity contribution in [2.45, 2.75) is 44.6 Å². The number of amides is 1. The van der Waals surface area contributed by atoms with Gasteiger partial charge in [-0.3, -0.25) is 4.79 Å². The highest BCUT2D eigenvalue weighted by atomic mass is 16.5. The lowest BCUT2D eigenvalue weighted by molar-refractivity contribution is 0.0381. The van der Waals surface area contributed by atoms with E-state index in [1.54, 1.807) is 18.5 Å². The minimum absolute atomic E-state index is 0.0542. The smallest absolute Gasteiger partial charge is 0.255 e. The van der Waals surface area contributed by atoms with Gasteiger partial charge in [-0.2, -0.15) is 10.2 Å². The van der Waals surface area contributed by atoms with Crippen LogP contribution in [0.15, 0.2) is 36.7 Å². The molecule has 1 saturated heterocycles. The number of fused-ring (bicyclic) bond motifs is 2. The van der Waals surface area contributed by atoms with E-state index in [9.17, 15) is 4.79 Å². The SMILES string of the molecule is CCOC1CC2(CCN(C(=O)c3ccnnc3)CC2)c2cc(C)ccc21. The molecule has 2 aromatic rings. The average Bonchev–Trinajstić information content (AvgIpc) is 2.95. The molecule has 1 amide bonds. The molecule has 5 heteroatoms. The maximum absolute atomic E-state index is 12.7. The van der Waals surface area contributed by atoms with Crippen molar-refractivity contribution in [1.82, 2.24) is 15.1 Å². The summed E-state index contributed by atoms with van der Waals surface area (Å²) in [6, 6.07) is 8.48. The molecule has 1 atom stereocenters. The molecule has 2 heterocycles. The summed E-state index contributed by atoms with van der Waals surface area (Å²) >= 11 is 0. The van der Waals surface area contributed by atoms with Crippen LogP contribution in [-0.4, -0.2) is 40.7 Å². The second-order valence-corrected chi connectivity index (χ2v) is 7.44. The van der Waals surface area contributed by atoms with Crippen LogP contribution in [0.2, 0.25) is 0 Å². The van der Waals surface area contributed by atoms with E-state index in [-0.39, 0.29) is 17.4 Å². The third-order valence-electron chi connectivity index (χ3n) is 5.91. The maximum Gasteiger partial charge on any atom is 0.255 e. The first-order valence-electron chi connectivity index (χ1n) is 9.41. The standard InChI is InChI=1S/C21H25N3O2/c1-3-26-19-13-21(18-12-15(2)4-5-17(18)19)7-10-24(11-8-21)20(25)16-6-9-22-23-14-16/h4-6,9,12,14,19H,3,7-8,10-11,13H2,1-2H3. The van der Waals surface area contributed by atoms with Crippen LogP contribution in [0.25, 0.3) is 0 Å². The van der Waals surface area contributed by atoms with E-state index in [0.29, 0.717) is 5.56 Å². The number of ether oxygens (including phenoxy) is 1. The Labute approximate surface area is 154 Å². The van der Waals surface area contributed by atoms with E-state index in [4.69, 9.17) is 4.74 Å². The van der Waals surface area contributed by atoms with E-state index >= 15 is 0 Å². The van der Waals surface area contributed by atoms with Gasteiger partial charge in [0.2, 0.25) is 0 Å². The van der Waals surface area contributed by atoms with Crippen molar-refractivity contribution in [2.24, 2.45) is 0 Å². The molecule has 1 aromatic carbocycles. The molecular formula is C21H25N3O2. The lowest BCUT2D eigenvalue weighted by Crippen LogP contribution is -2.44. The van der Waals surface area contributed by atoms with E-state index in [1.807, 2.05) is 4.90 Å². The Bertz CT molecular complexity index is 798. The van der Waals surface area contributed by atoms with E-state index < -0.39 is 0 Å². The highest BCUT2D eigenvalue weighted by Crippen LogP contribution is 2.52. The average molecular weight is 351 g/mol. The van der Waals surface area contributed by atoms with Crippen LogP contribution in [0, 0.1) is 6.92 Å². The molecule has 1 spiro atoms. The zero-order valence-electron chi connectivity index (χ0n) is 15.4. The minimum atomic E-state index is 0.0542. The summed E-state index contributed by atoms with van der Waals surface area (Å²) in [4.78, 5) is 14.7. The Morgan fingerprint density at radius 3 is 2.77 bits per heavy atom. The predicted molar refractivity (Wildman–Crippen MR) is 99.0 cm³/mol. The number of aryl methyl sites for hydroxylation is 1. The molecule has 4 rings (SSSR count). The summed E-state index contributed by atoms with van der Waals surface area (Å²) in [5, 5.41) is 7.58. The number of hydrogen-bond donors (Lipinski definition) is 0. The lowest BCUT2D eigenvalue weighted by atomic mass is 9.73. The van der Waals surface area contributed by atoms with Gasteiger partial charge < -0.3 is 9.64 Å². The van der Waals surface area contributed by atoms with Crippen molar-refractivity contribution in [2.75, 3.05) is 19.7 Å². The number of carbonyl (C=O) groups excluding carboxylic acids is 1. The number of likely N-dealkylation sites (tertiary alicyclic amines) is 1. The van der Waals surface area contributed by atoms with Crippen LogP contribution in [0.4, 0.5) is 0 Å². The van der Waals surface area contributed by atoms with Gasteiger partial charge >= 0.3 is 0 Å². The van der Waals surface area contributed by atoms with Crippen molar-refractivity contribution in [1.29, 1.82) is 0 Å². The van der Waals surface area contributed by atoms with Gasteiger partial charge in [-0.05, 0) is 50.3 Å². The fourth-order valence-corrected chi connectivity index (χ4v) is 4.55. The summed E-state index contributed by atoms with van der Waals surface area (Å²) in [6.07, 6.45) is 6.29. The number of nitrogens with zero attached hydrogens (tertiary/aromatic N) is 3. The Hall–Kier alpha value is -2.27. The number of benzene rings is 1. The summed E-state index contributed by atoms with van der Waals surface area (Å²) in [5.41, 5.74) is 4.82. The Morgan fingerprint density at radius 1 is 1.27 bits per heavy atom. The van der Waals surface area contributed by atoms with Gasteiger partial charge in [-0.15, -0.1) is 0 Å². The van der Waals surface area contributed by atoms with Crippen molar-refractivity contribution in [3.63, 3.8) is 0 Å². The number of piperidine rings is 1. The van der Waals surface area contributed by atoms with Crippen molar-refractivity contribution in [3.8, 4) is 0 Å². The third-order valence-corrected chi connectivity index (χ3v) is 5.91. The molecule has 136 valence electrons. The van der Waals surface area contributed by atoms with E-state index in [1.165, 1.54) is 16.7 Å². The van der Waals surface area contributed by atoms with Gasteiger partial charge in [0.15, 0.2) is 0 Å². The fraction of sp³-hybridized carbons (Fsp3) is 0.476. The lowest BCUT2D eigenvalue weighted by Gasteiger charge is -2.40. The maximum atomic E-state index is 12.7. The Balaban J connectivity index is 1.55. The quantitative estimate of drug-likeness (QED) is 0.850. The molecule has 0 N–H and O–H groups in total. The molecule has 2 aliphatic rings. The minimum Gasteiger partial charge on any atom is -0.374 e. The van der Waals surface area contributed by atoms with Crippen LogP contribution in [0.3, 0.4) is 0 Å². The van der Waals surface area contributed by atoms with Gasteiger partial charge in [-0.1, -0.05) is 23.8 Å². The van der Waals surface area contributed by atoms with E-state index in [0.717, 1.165) is 39.0 Å². The molecule has 0 bridgehead atoms. The highest BCUT2D eigenvalue weighted by molar-refractivity contribution is 5.93. The van der Waals surface area contributed by atoms with Crippen LogP contribution >= 0.6 is 0 Å². The van der Waals surface area contributed by atoms with Crippen molar-refractivity contribution < 1.29 is 9.53 Å². The van der Waals surface area contributed by atoms with Gasteiger partial charge in [0.25, 0.3) is 5.91 Å². The zero-order chi connectivity index (χ0) is 18.1. The molecular weight excluding hydrogens is 326 g/mol. The zero-order valence-corrected chi connectivity index (χ0v) is 15.4. The first-order chi connectivity index (χ1) is 12.6.